The fraction of sp³-hybridized carbons (Fsp3) is 0.389. The molecule has 9 nitrogen and oxygen atoms in total. The van der Waals surface area contributed by atoms with E-state index >= 15 is 0 Å². The fourth-order valence-corrected chi connectivity index (χ4v) is 2.92. The van der Waals surface area contributed by atoms with E-state index in [1.165, 1.54) is 18.3 Å². The normalized spacial score (nSPS) is 14.7. The van der Waals surface area contributed by atoms with Crippen LogP contribution in [0.25, 0.3) is 0 Å². The van der Waals surface area contributed by atoms with Crippen molar-refractivity contribution in [3.8, 4) is 0 Å². The predicted molar refractivity (Wildman–Crippen MR) is 98.8 cm³/mol. The van der Waals surface area contributed by atoms with Crippen molar-refractivity contribution >= 4 is 17.8 Å². The zero-order valence-corrected chi connectivity index (χ0v) is 14.9. The standard InChI is InChI=1S/C18H22N6O3/c25-16(14-3-7-19-15(13-14)17(26)27)20-6-2-8-23-9-11-24(12-10-23)18-21-4-1-5-22-18/h1,3-5,7,13H,2,6,8-12H2,(H,20,25)(H,26,27). The highest BCUT2D eigenvalue weighted by Gasteiger charge is 2.18. The van der Waals surface area contributed by atoms with Crippen LogP contribution in [-0.4, -0.2) is 76.1 Å². The smallest absolute Gasteiger partial charge is 0.354 e. The Bertz CT molecular complexity index is 778. The summed E-state index contributed by atoms with van der Waals surface area (Å²) in [5.41, 5.74) is 0.168. The van der Waals surface area contributed by atoms with E-state index in [1.807, 2.05) is 6.07 Å². The first kappa shape index (κ1) is 18.7. The van der Waals surface area contributed by atoms with Gasteiger partial charge in [-0.25, -0.2) is 19.7 Å². The minimum absolute atomic E-state index is 0.136. The van der Waals surface area contributed by atoms with Crippen molar-refractivity contribution in [2.75, 3.05) is 44.2 Å². The van der Waals surface area contributed by atoms with Gasteiger partial charge in [-0.2, -0.15) is 0 Å². The maximum atomic E-state index is 12.1. The molecule has 0 atom stereocenters. The SMILES string of the molecule is O=C(NCCCN1CCN(c2ncccn2)CC1)c1ccnc(C(=O)O)c1. The highest BCUT2D eigenvalue weighted by Crippen LogP contribution is 2.09. The number of carbonyl (C=O) groups is 2. The van der Waals surface area contributed by atoms with Crippen molar-refractivity contribution in [3.05, 3.63) is 48.0 Å². The zero-order valence-electron chi connectivity index (χ0n) is 14.9. The van der Waals surface area contributed by atoms with Gasteiger partial charge in [0.2, 0.25) is 5.95 Å². The fourth-order valence-electron chi connectivity index (χ4n) is 2.92. The van der Waals surface area contributed by atoms with Crippen molar-refractivity contribution in [2.45, 2.75) is 6.42 Å². The second-order valence-corrected chi connectivity index (χ2v) is 6.22. The van der Waals surface area contributed by atoms with E-state index in [2.05, 4.69) is 30.1 Å². The number of aromatic carboxylic acids is 1. The van der Waals surface area contributed by atoms with Crippen LogP contribution in [0, 0.1) is 0 Å². The van der Waals surface area contributed by atoms with E-state index in [4.69, 9.17) is 5.11 Å². The van der Waals surface area contributed by atoms with Crippen LogP contribution >= 0.6 is 0 Å². The molecule has 0 aliphatic carbocycles. The van der Waals surface area contributed by atoms with Crippen molar-refractivity contribution in [2.24, 2.45) is 0 Å². The molecule has 1 amide bonds. The number of hydrogen-bond acceptors (Lipinski definition) is 7. The number of pyridine rings is 1. The molecule has 0 aromatic carbocycles. The number of nitrogens with one attached hydrogen (secondary N) is 1. The van der Waals surface area contributed by atoms with Gasteiger partial charge in [-0.05, 0) is 31.2 Å². The van der Waals surface area contributed by atoms with Crippen LogP contribution in [0.15, 0.2) is 36.8 Å². The number of hydrogen-bond donors (Lipinski definition) is 2. The number of amides is 1. The van der Waals surface area contributed by atoms with Crippen LogP contribution in [-0.2, 0) is 0 Å². The molecule has 0 unspecified atom stereocenters. The van der Waals surface area contributed by atoms with Crippen LogP contribution < -0.4 is 10.2 Å². The van der Waals surface area contributed by atoms with Gasteiger partial charge in [0.1, 0.15) is 5.69 Å². The molecule has 27 heavy (non-hydrogen) atoms. The average molecular weight is 370 g/mol. The molecule has 1 aliphatic rings. The van der Waals surface area contributed by atoms with E-state index in [-0.39, 0.29) is 11.6 Å². The Morgan fingerprint density at radius 2 is 1.81 bits per heavy atom. The molecular weight excluding hydrogens is 348 g/mol. The van der Waals surface area contributed by atoms with Crippen molar-refractivity contribution in [1.29, 1.82) is 0 Å². The molecule has 1 fully saturated rings. The summed E-state index contributed by atoms with van der Waals surface area (Å²) in [6, 6.07) is 4.59. The maximum absolute atomic E-state index is 12.1. The molecule has 3 rings (SSSR count). The van der Waals surface area contributed by atoms with Crippen molar-refractivity contribution < 1.29 is 14.7 Å². The van der Waals surface area contributed by atoms with Gasteiger partial charge in [-0.1, -0.05) is 0 Å². The summed E-state index contributed by atoms with van der Waals surface area (Å²) < 4.78 is 0. The second kappa shape index (κ2) is 9.04. The van der Waals surface area contributed by atoms with E-state index < -0.39 is 5.97 Å². The Morgan fingerprint density at radius 1 is 1.07 bits per heavy atom. The van der Waals surface area contributed by atoms with Crippen molar-refractivity contribution in [1.82, 2.24) is 25.2 Å². The Hall–Kier alpha value is -3.07. The lowest BCUT2D eigenvalue weighted by atomic mass is 10.2. The highest BCUT2D eigenvalue weighted by atomic mass is 16.4. The Kier molecular flexibility index (Phi) is 6.26. The summed E-state index contributed by atoms with van der Waals surface area (Å²) >= 11 is 0. The molecule has 2 N–H and O–H groups in total. The number of carboxylic acid groups (broad SMARTS) is 1. The molecule has 0 radical (unpaired) electrons. The van der Waals surface area contributed by atoms with Gasteiger partial charge < -0.3 is 15.3 Å². The number of piperazine rings is 1. The van der Waals surface area contributed by atoms with Gasteiger partial charge in [0.25, 0.3) is 5.91 Å². The lowest BCUT2D eigenvalue weighted by molar-refractivity contribution is 0.0690. The third-order valence-corrected chi connectivity index (χ3v) is 4.39. The van der Waals surface area contributed by atoms with Gasteiger partial charge in [0, 0.05) is 56.9 Å². The van der Waals surface area contributed by atoms with E-state index in [0.717, 1.165) is 45.1 Å². The van der Waals surface area contributed by atoms with Crippen molar-refractivity contribution in [3.63, 3.8) is 0 Å². The minimum Gasteiger partial charge on any atom is -0.477 e. The van der Waals surface area contributed by atoms with Crippen LogP contribution in [0.4, 0.5) is 5.95 Å². The maximum Gasteiger partial charge on any atom is 0.354 e. The monoisotopic (exact) mass is 370 g/mol. The number of rotatable bonds is 7. The Labute approximate surface area is 157 Å². The molecule has 9 heteroatoms. The molecule has 0 spiro atoms. The lowest BCUT2D eigenvalue weighted by Gasteiger charge is -2.34. The van der Waals surface area contributed by atoms with E-state index in [9.17, 15) is 9.59 Å². The highest BCUT2D eigenvalue weighted by molar-refractivity contribution is 5.96. The quantitative estimate of drug-likeness (QED) is 0.678. The third kappa shape index (κ3) is 5.20. The number of carboxylic acids is 1. The van der Waals surface area contributed by atoms with Gasteiger partial charge in [0.15, 0.2) is 0 Å². The van der Waals surface area contributed by atoms with Crippen LogP contribution in [0.3, 0.4) is 0 Å². The summed E-state index contributed by atoms with van der Waals surface area (Å²) in [4.78, 5) is 39.8. The summed E-state index contributed by atoms with van der Waals surface area (Å²) in [6.45, 7) is 5.04. The lowest BCUT2D eigenvalue weighted by Crippen LogP contribution is -2.47. The largest absolute Gasteiger partial charge is 0.477 e. The molecule has 3 heterocycles. The number of nitrogens with zero attached hydrogens (tertiary/aromatic N) is 5. The first-order valence-electron chi connectivity index (χ1n) is 8.85. The summed E-state index contributed by atoms with van der Waals surface area (Å²) in [7, 11) is 0. The predicted octanol–water partition coefficient (Wildman–Crippen LogP) is 0.512. The first-order valence-corrected chi connectivity index (χ1v) is 8.85. The van der Waals surface area contributed by atoms with Crippen LogP contribution in [0.1, 0.15) is 27.3 Å². The molecule has 142 valence electrons. The molecular formula is C18H22N6O3. The van der Waals surface area contributed by atoms with Crippen LogP contribution in [0.2, 0.25) is 0 Å². The summed E-state index contributed by atoms with van der Waals surface area (Å²) in [5, 5.41) is 11.8. The average Bonchev–Trinajstić information content (AvgIpc) is 2.72. The molecule has 1 aliphatic heterocycles. The first-order chi connectivity index (χ1) is 13.1. The van der Waals surface area contributed by atoms with Gasteiger partial charge >= 0.3 is 5.97 Å². The Morgan fingerprint density at radius 3 is 2.52 bits per heavy atom. The van der Waals surface area contributed by atoms with Gasteiger partial charge in [-0.3, -0.25) is 9.69 Å². The van der Waals surface area contributed by atoms with Gasteiger partial charge in [-0.15, -0.1) is 0 Å². The minimum atomic E-state index is -1.15. The van der Waals surface area contributed by atoms with Gasteiger partial charge in [0.05, 0.1) is 0 Å². The number of aromatic nitrogens is 3. The molecule has 2 aromatic rings. The summed E-state index contributed by atoms with van der Waals surface area (Å²) in [6.07, 6.45) is 5.65. The molecule has 0 bridgehead atoms. The third-order valence-electron chi connectivity index (χ3n) is 4.39. The molecule has 1 saturated heterocycles. The molecule has 2 aromatic heterocycles. The topological polar surface area (TPSA) is 112 Å². The molecule has 0 saturated carbocycles. The number of anilines is 1. The van der Waals surface area contributed by atoms with E-state index in [0.29, 0.717) is 12.1 Å². The van der Waals surface area contributed by atoms with E-state index in [1.54, 1.807) is 12.4 Å². The Balaban J connectivity index is 1.37. The zero-order chi connectivity index (χ0) is 19.1. The second-order valence-electron chi connectivity index (χ2n) is 6.22. The number of carbonyl (C=O) groups excluding carboxylic acids is 1. The van der Waals surface area contributed by atoms with Crippen LogP contribution in [0.5, 0.6) is 0 Å². The summed E-state index contributed by atoms with van der Waals surface area (Å²) in [5.74, 6) is -0.668.